The van der Waals surface area contributed by atoms with Crippen LogP contribution in [-0.4, -0.2) is 28.5 Å². The van der Waals surface area contributed by atoms with Crippen LogP contribution in [0.3, 0.4) is 0 Å². The van der Waals surface area contributed by atoms with Crippen molar-refractivity contribution < 1.29 is 14.8 Å². The lowest BCUT2D eigenvalue weighted by molar-refractivity contribution is -0.385. The van der Waals surface area contributed by atoms with Crippen LogP contribution in [0.15, 0.2) is 23.1 Å². The predicted octanol–water partition coefficient (Wildman–Crippen LogP) is 2.47. The average Bonchev–Trinajstić information content (AvgIpc) is 2.24. The minimum absolute atomic E-state index is 0.0324. The number of rotatable bonds is 5. The van der Waals surface area contributed by atoms with Crippen LogP contribution in [0, 0.1) is 10.1 Å². The highest BCUT2D eigenvalue weighted by atomic mass is 32.2. The van der Waals surface area contributed by atoms with Crippen LogP contribution in [0.1, 0.15) is 13.8 Å². The van der Waals surface area contributed by atoms with Gasteiger partial charge in [0.2, 0.25) is 0 Å². The summed E-state index contributed by atoms with van der Waals surface area (Å²) in [5.41, 5.74) is -0.901. The van der Waals surface area contributed by atoms with Crippen molar-refractivity contribution in [3.05, 3.63) is 28.3 Å². The monoisotopic (exact) mass is 257 g/mol. The Morgan fingerprint density at radius 3 is 2.65 bits per heavy atom. The van der Waals surface area contributed by atoms with Gasteiger partial charge in [-0.1, -0.05) is 0 Å². The van der Waals surface area contributed by atoms with E-state index in [1.54, 1.807) is 19.9 Å². The SMILES string of the molecule is CSc1cc([N+](=O)[O-])ccc1OCC(C)(C)O. The summed E-state index contributed by atoms with van der Waals surface area (Å²) in [7, 11) is 0. The van der Waals surface area contributed by atoms with Crippen LogP contribution in [0.2, 0.25) is 0 Å². The Morgan fingerprint density at radius 2 is 2.18 bits per heavy atom. The summed E-state index contributed by atoms with van der Waals surface area (Å²) >= 11 is 1.37. The first-order chi connectivity index (χ1) is 7.83. The highest BCUT2D eigenvalue weighted by Crippen LogP contribution is 2.31. The van der Waals surface area contributed by atoms with Crippen LogP contribution in [-0.2, 0) is 0 Å². The van der Waals surface area contributed by atoms with Crippen LogP contribution < -0.4 is 4.74 Å². The highest BCUT2D eigenvalue weighted by molar-refractivity contribution is 7.98. The summed E-state index contributed by atoms with van der Waals surface area (Å²) in [6.07, 6.45) is 1.82. The maximum Gasteiger partial charge on any atom is 0.270 e. The number of benzene rings is 1. The summed E-state index contributed by atoms with van der Waals surface area (Å²) in [6, 6.07) is 4.40. The first-order valence-electron chi connectivity index (χ1n) is 5.01. The molecule has 0 bridgehead atoms. The van der Waals surface area contributed by atoms with Gasteiger partial charge in [0.1, 0.15) is 12.4 Å². The number of nitro groups is 1. The van der Waals surface area contributed by atoms with Crippen LogP contribution in [0.25, 0.3) is 0 Å². The molecule has 94 valence electrons. The van der Waals surface area contributed by atoms with Gasteiger partial charge in [0.25, 0.3) is 5.69 Å². The molecule has 0 heterocycles. The second-order valence-electron chi connectivity index (χ2n) is 4.19. The third-order valence-corrected chi connectivity index (χ3v) is 2.70. The third-order valence-electron chi connectivity index (χ3n) is 1.94. The lowest BCUT2D eigenvalue weighted by Gasteiger charge is -2.18. The molecule has 0 aliphatic rings. The van der Waals surface area contributed by atoms with Crippen molar-refractivity contribution in [2.75, 3.05) is 12.9 Å². The fraction of sp³-hybridized carbons (Fsp3) is 0.455. The van der Waals surface area contributed by atoms with Crippen molar-refractivity contribution in [1.82, 2.24) is 0 Å². The maximum absolute atomic E-state index is 10.6. The quantitative estimate of drug-likeness (QED) is 0.498. The summed E-state index contributed by atoms with van der Waals surface area (Å²) in [6.45, 7) is 3.41. The molecule has 5 nitrogen and oxygen atoms in total. The Labute approximate surface area is 104 Å². The first-order valence-corrected chi connectivity index (χ1v) is 6.23. The van der Waals surface area contributed by atoms with Gasteiger partial charge in [-0.15, -0.1) is 11.8 Å². The Kier molecular flexibility index (Phi) is 4.36. The summed E-state index contributed by atoms with van der Waals surface area (Å²) < 4.78 is 5.43. The van der Waals surface area contributed by atoms with E-state index in [-0.39, 0.29) is 12.3 Å². The molecule has 0 aliphatic heterocycles. The van der Waals surface area contributed by atoms with E-state index < -0.39 is 10.5 Å². The Morgan fingerprint density at radius 1 is 1.53 bits per heavy atom. The second-order valence-corrected chi connectivity index (χ2v) is 5.04. The minimum atomic E-state index is -0.933. The molecule has 0 aromatic heterocycles. The zero-order valence-corrected chi connectivity index (χ0v) is 10.8. The van der Waals surface area contributed by atoms with E-state index in [0.717, 1.165) is 0 Å². The zero-order valence-electron chi connectivity index (χ0n) is 9.97. The molecule has 0 aliphatic carbocycles. The second kappa shape index (κ2) is 5.37. The van der Waals surface area contributed by atoms with Crippen LogP contribution in [0.4, 0.5) is 5.69 Å². The van der Waals surface area contributed by atoms with E-state index in [9.17, 15) is 15.2 Å². The van der Waals surface area contributed by atoms with Crippen molar-refractivity contribution in [3.63, 3.8) is 0 Å². The molecule has 17 heavy (non-hydrogen) atoms. The summed E-state index contributed by atoms with van der Waals surface area (Å²) in [5.74, 6) is 0.547. The van der Waals surface area contributed by atoms with Gasteiger partial charge in [-0.05, 0) is 26.2 Å². The van der Waals surface area contributed by atoms with Crippen molar-refractivity contribution in [2.45, 2.75) is 24.3 Å². The first kappa shape index (κ1) is 13.8. The lowest BCUT2D eigenvalue weighted by atomic mass is 10.2. The van der Waals surface area contributed by atoms with E-state index in [2.05, 4.69) is 0 Å². The van der Waals surface area contributed by atoms with E-state index in [1.807, 2.05) is 6.26 Å². The van der Waals surface area contributed by atoms with E-state index >= 15 is 0 Å². The van der Waals surface area contributed by atoms with Crippen molar-refractivity contribution in [2.24, 2.45) is 0 Å². The molecule has 0 saturated heterocycles. The molecule has 0 unspecified atom stereocenters. The number of hydrogen-bond donors (Lipinski definition) is 1. The molecule has 0 atom stereocenters. The number of hydrogen-bond acceptors (Lipinski definition) is 5. The molecular formula is C11H15NO4S. The molecule has 1 aromatic rings. The molecule has 0 spiro atoms. The number of nitrogens with zero attached hydrogens (tertiary/aromatic N) is 1. The number of ether oxygens (including phenoxy) is 1. The molecule has 1 aromatic carbocycles. The molecule has 1 N–H and O–H groups in total. The highest BCUT2D eigenvalue weighted by Gasteiger charge is 2.16. The molecule has 1 rings (SSSR count). The molecule has 0 fully saturated rings. The van der Waals surface area contributed by atoms with Crippen LogP contribution >= 0.6 is 11.8 Å². The summed E-state index contributed by atoms with van der Waals surface area (Å²) in [4.78, 5) is 10.9. The van der Waals surface area contributed by atoms with E-state index in [4.69, 9.17) is 4.74 Å². The molecule has 0 radical (unpaired) electrons. The smallest absolute Gasteiger partial charge is 0.270 e. The molecular weight excluding hydrogens is 242 g/mol. The van der Waals surface area contributed by atoms with Gasteiger partial charge in [0.15, 0.2) is 0 Å². The van der Waals surface area contributed by atoms with Gasteiger partial charge >= 0.3 is 0 Å². The number of aliphatic hydroxyl groups is 1. The van der Waals surface area contributed by atoms with Gasteiger partial charge in [-0.2, -0.15) is 0 Å². The average molecular weight is 257 g/mol. The van der Waals surface area contributed by atoms with E-state index in [1.165, 1.54) is 23.9 Å². The number of non-ortho nitro benzene ring substituents is 1. The normalized spacial score (nSPS) is 11.3. The van der Waals surface area contributed by atoms with Crippen molar-refractivity contribution in [3.8, 4) is 5.75 Å². The fourth-order valence-electron chi connectivity index (χ4n) is 1.14. The number of thioether (sulfide) groups is 1. The molecule has 6 heteroatoms. The van der Waals surface area contributed by atoms with Gasteiger partial charge < -0.3 is 9.84 Å². The van der Waals surface area contributed by atoms with Crippen molar-refractivity contribution >= 4 is 17.4 Å². The Bertz CT molecular complexity index is 414. The fourth-order valence-corrected chi connectivity index (χ4v) is 1.71. The Hall–Kier alpha value is -1.27. The summed E-state index contributed by atoms with van der Waals surface area (Å²) in [5, 5.41) is 20.2. The van der Waals surface area contributed by atoms with E-state index in [0.29, 0.717) is 10.6 Å². The predicted molar refractivity (Wildman–Crippen MR) is 66.7 cm³/mol. The van der Waals surface area contributed by atoms with Gasteiger partial charge in [0, 0.05) is 12.1 Å². The van der Waals surface area contributed by atoms with Gasteiger partial charge in [0.05, 0.1) is 15.4 Å². The van der Waals surface area contributed by atoms with Crippen LogP contribution in [0.5, 0.6) is 5.75 Å². The lowest BCUT2D eigenvalue weighted by Crippen LogP contribution is -2.28. The zero-order chi connectivity index (χ0) is 13.1. The topological polar surface area (TPSA) is 72.6 Å². The third kappa shape index (κ3) is 4.24. The molecule has 0 saturated carbocycles. The number of nitro benzene ring substituents is 1. The van der Waals surface area contributed by atoms with Crippen molar-refractivity contribution in [1.29, 1.82) is 0 Å². The molecule has 0 amide bonds. The maximum atomic E-state index is 10.6. The largest absolute Gasteiger partial charge is 0.489 e. The minimum Gasteiger partial charge on any atom is -0.489 e. The van der Waals surface area contributed by atoms with Gasteiger partial charge in [-0.25, -0.2) is 0 Å². The Balaban J connectivity index is 2.89. The standard InChI is InChI=1S/C11H15NO4S/c1-11(2,13)7-16-9-5-4-8(12(14)15)6-10(9)17-3/h4-6,13H,7H2,1-3H3. The van der Waals surface area contributed by atoms with Gasteiger partial charge in [-0.3, -0.25) is 10.1 Å².